The zero-order chi connectivity index (χ0) is 14.1. The highest BCUT2D eigenvalue weighted by Gasteiger charge is 2.04. The fraction of sp³-hybridized carbons (Fsp3) is 0.500. The molecule has 0 heterocycles. The molecule has 0 bridgehead atoms. The van der Waals surface area contributed by atoms with E-state index in [4.69, 9.17) is 4.74 Å². The Balaban J connectivity index is 2.31. The van der Waals surface area contributed by atoms with Crippen LogP contribution in [0.5, 0.6) is 5.75 Å². The minimum atomic E-state index is -0.526. The van der Waals surface area contributed by atoms with Gasteiger partial charge in [-0.05, 0) is 37.2 Å². The summed E-state index contributed by atoms with van der Waals surface area (Å²) in [5.74, 6) is 0.565. The number of carbonyl (C=O) groups excluding carboxylic acids is 1. The largest absolute Gasteiger partial charge is 0.491 e. The lowest BCUT2D eigenvalue weighted by Gasteiger charge is -2.13. The fourth-order valence-electron chi connectivity index (χ4n) is 1.53. The van der Waals surface area contributed by atoms with E-state index in [1.165, 1.54) is 6.92 Å². The maximum atomic E-state index is 10.9. The van der Waals surface area contributed by atoms with Crippen LogP contribution in [0.1, 0.15) is 20.3 Å². The highest BCUT2D eigenvalue weighted by Crippen LogP contribution is 2.15. The lowest BCUT2D eigenvalue weighted by molar-refractivity contribution is -0.114. The van der Waals surface area contributed by atoms with Gasteiger partial charge in [-0.25, -0.2) is 0 Å². The molecule has 1 atom stereocenters. The Morgan fingerprint density at radius 3 is 2.63 bits per heavy atom. The second-order valence-electron chi connectivity index (χ2n) is 4.37. The van der Waals surface area contributed by atoms with E-state index in [1.807, 2.05) is 0 Å². The van der Waals surface area contributed by atoms with Crippen LogP contribution < -0.4 is 15.4 Å². The van der Waals surface area contributed by atoms with E-state index in [2.05, 4.69) is 17.6 Å². The highest BCUT2D eigenvalue weighted by molar-refractivity contribution is 5.88. The topological polar surface area (TPSA) is 70.6 Å². The summed E-state index contributed by atoms with van der Waals surface area (Å²) in [6.07, 6.45) is 0.514. The Morgan fingerprint density at radius 1 is 1.37 bits per heavy atom. The lowest BCUT2D eigenvalue weighted by atomic mass is 10.3. The maximum absolute atomic E-state index is 10.9. The molecule has 0 aliphatic rings. The number of ether oxygens (including phenoxy) is 1. The average molecular weight is 266 g/mol. The summed E-state index contributed by atoms with van der Waals surface area (Å²) in [5.41, 5.74) is 0.727. The molecule has 1 aromatic carbocycles. The van der Waals surface area contributed by atoms with E-state index in [0.717, 1.165) is 18.7 Å². The smallest absolute Gasteiger partial charge is 0.221 e. The first-order chi connectivity index (χ1) is 9.11. The van der Waals surface area contributed by atoms with Crippen molar-refractivity contribution in [3.8, 4) is 5.75 Å². The first kappa shape index (κ1) is 15.5. The van der Waals surface area contributed by atoms with Gasteiger partial charge in [-0.1, -0.05) is 6.92 Å². The van der Waals surface area contributed by atoms with E-state index < -0.39 is 6.10 Å². The van der Waals surface area contributed by atoms with Gasteiger partial charge in [-0.15, -0.1) is 0 Å². The van der Waals surface area contributed by atoms with Crippen molar-refractivity contribution < 1.29 is 14.6 Å². The lowest BCUT2D eigenvalue weighted by Crippen LogP contribution is -2.31. The van der Waals surface area contributed by atoms with Crippen molar-refractivity contribution in [1.29, 1.82) is 0 Å². The van der Waals surface area contributed by atoms with Crippen LogP contribution in [0.15, 0.2) is 24.3 Å². The van der Waals surface area contributed by atoms with Crippen molar-refractivity contribution in [2.45, 2.75) is 26.4 Å². The van der Waals surface area contributed by atoms with Crippen LogP contribution in [0.4, 0.5) is 5.69 Å². The SMILES string of the molecule is CCCNCC(O)COc1ccc(NC(C)=O)cc1. The average Bonchev–Trinajstić information content (AvgIpc) is 2.37. The van der Waals surface area contributed by atoms with Gasteiger partial charge >= 0.3 is 0 Å². The molecule has 0 aliphatic carbocycles. The fourth-order valence-corrected chi connectivity index (χ4v) is 1.53. The normalized spacial score (nSPS) is 11.9. The van der Waals surface area contributed by atoms with Crippen LogP contribution in [0.3, 0.4) is 0 Å². The number of amides is 1. The van der Waals surface area contributed by atoms with Crippen LogP contribution in [-0.2, 0) is 4.79 Å². The third kappa shape index (κ3) is 6.79. The molecule has 5 nitrogen and oxygen atoms in total. The minimum absolute atomic E-state index is 0.105. The number of hydrogen-bond acceptors (Lipinski definition) is 4. The molecule has 0 aromatic heterocycles. The Hall–Kier alpha value is -1.59. The summed E-state index contributed by atoms with van der Waals surface area (Å²) in [5, 5.41) is 15.5. The molecule has 0 saturated carbocycles. The Morgan fingerprint density at radius 2 is 2.05 bits per heavy atom. The molecule has 3 N–H and O–H groups in total. The summed E-state index contributed by atoms with van der Waals surface area (Å²) in [6, 6.07) is 7.05. The van der Waals surface area contributed by atoms with Gasteiger partial charge in [0.15, 0.2) is 0 Å². The summed E-state index contributed by atoms with van der Waals surface area (Å²) < 4.78 is 5.46. The number of carbonyl (C=O) groups is 1. The van der Waals surface area contributed by atoms with Crippen LogP contribution in [0, 0.1) is 0 Å². The first-order valence-corrected chi connectivity index (χ1v) is 6.51. The number of nitrogens with one attached hydrogen (secondary N) is 2. The van der Waals surface area contributed by atoms with Gasteiger partial charge in [0.25, 0.3) is 0 Å². The summed E-state index contributed by atoms with van der Waals surface area (Å²) in [7, 11) is 0. The van der Waals surface area contributed by atoms with Crippen LogP contribution in [0.2, 0.25) is 0 Å². The molecule has 19 heavy (non-hydrogen) atoms. The maximum Gasteiger partial charge on any atom is 0.221 e. The molecule has 1 aromatic rings. The van der Waals surface area contributed by atoms with Crippen molar-refractivity contribution in [2.75, 3.05) is 25.0 Å². The first-order valence-electron chi connectivity index (χ1n) is 6.51. The second kappa shape index (κ2) is 8.50. The zero-order valence-corrected chi connectivity index (χ0v) is 11.5. The third-order valence-corrected chi connectivity index (χ3v) is 2.42. The molecule has 5 heteroatoms. The number of anilines is 1. The van der Waals surface area contributed by atoms with E-state index in [0.29, 0.717) is 12.3 Å². The van der Waals surface area contributed by atoms with Crippen LogP contribution >= 0.6 is 0 Å². The van der Waals surface area contributed by atoms with E-state index >= 15 is 0 Å². The summed E-state index contributed by atoms with van der Waals surface area (Å²) in [6.45, 7) is 5.20. The molecule has 1 rings (SSSR count). The molecule has 0 fully saturated rings. The molecule has 1 unspecified atom stereocenters. The number of aliphatic hydroxyl groups is 1. The van der Waals surface area contributed by atoms with Gasteiger partial charge < -0.3 is 20.5 Å². The predicted octanol–water partition coefficient (Wildman–Crippen LogP) is 1.38. The van der Waals surface area contributed by atoms with Crippen molar-refractivity contribution >= 4 is 11.6 Å². The highest BCUT2D eigenvalue weighted by atomic mass is 16.5. The van der Waals surface area contributed by atoms with Gasteiger partial charge in [-0.3, -0.25) is 4.79 Å². The monoisotopic (exact) mass is 266 g/mol. The molecule has 106 valence electrons. The van der Waals surface area contributed by atoms with E-state index in [-0.39, 0.29) is 12.5 Å². The number of rotatable bonds is 8. The number of benzene rings is 1. The Kier molecular flexibility index (Phi) is 6.92. The van der Waals surface area contributed by atoms with Crippen molar-refractivity contribution in [3.63, 3.8) is 0 Å². The van der Waals surface area contributed by atoms with Crippen molar-refractivity contribution in [1.82, 2.24) is 5.32 Å². The molecule has 0 radical (unpaired) electrons. The molecular weight excluding hydrogens is 244 g/mol. The quantitative estimate of drug-likeness (QED) is 0.622. The molecule has 0 aliphatic heterocycles. The minimum Gasteiger partial charge on any atom is -0.491 e. The van der Waals surface area contributed by atoms with Gasteiger partial charge in [-0.2, -0.15) is 0 Å². The van der Waals surface area contributed by atoms with Gasteiger partial charge in [0.1, 0.15) is 18.5 Å². The van der Waals surface area contributed by atoms with E-state index in [1.54, 1.807) is 24.3 Å². The second-order valence-corrected chi connectivity index (χ2v) is 4.37. The summed E-state index contributed by atoms with van der Waals surface area (Å²) >= 11 is 0. The van der Waals surface area contributed by atoms with Crippen LogP contribution in [-0.4, -0.2) is 36.8 Å². The van der Waals surface area contributed by atoms with Gasteiger partial charge in [0.2, 0.25) is 5.91 Å². The Labute approximate surface area is 114 Å². The molecular formula is C14H22N2O3. The number of hydrogen-bond donors (Lipinski definition) is 3. The Bertz CT molecular complexity index is 379. The standard InChI is InChI=1S/C14H22N2O3/c1-3-8-15-9-13(18)10-19-14-6-4-12(5-7-14)16-11(2)17/h4-7,13,15,18H,3,8-10H2,1-2H3,(H,16,17). The van der Waals surface area contributed by atoms with Gasteiger partial charge in [0, 0.05) is 19.2 Å². The van der Waals surface area contributed by atoms with Gasteiger partial charge in [0.05, 0.1) is 0 Å². The predicted molar refractivity (Wildman–Crippen MR) is 75.4 cm³/mol. The molecule has 0 saturated heterocycles. The van der Waals surface area contributed by atoms with Crippen LogP contribution in [0.25, 0.3) is 0 Å². The number of aliphatic hydroxyl groups excluding tert-OH is 1. The molecule has 1 amide bonds. The van der Waals surface area contributed by atoms with Crippen molar-refractivity contribution in [3.05, 3.63) is 24.3 Å². The third-order valence-electron chi connectivity index (χ3n) is 2.42. The van der Waals surface area contributed by atoms with E-state index in [9.17, 15) is 9.90 Å². The van der Waals surface area contributed by atoms with Crippen molar-refractivity contribution in [2.24, 2.45) is 0 Å². The summed E-state index contributed by atoms with van der Waals surface area (Å²) in [4.78, 5) is 10.9. The zero-order valence-electron chi connectivity index (χ0n) is 11.5. The molecule has 0 spiro atoms.